The minimum Gasteiger partial charge on any atom is -0.483 e. The fourth-order valence-corrected chi connectivity index (χ4v) is 3.77. The number of amides is 2. The molecule has 0 aromatic heterocycles. The van der Waals surface area contributed by atoms with Gasteiger partial charge in [0.25, 0.3) is 5.91 Å². The van der Waals surface area contributed by atoms with E-state index in [0.717, 1.165) is 22.0 Å². The molecule has 7 heteroatoms. The number of aryl methyl sites for hydroxylation is 1. The van der Waals surface area contributed by atoms with Crippen LogP contribution < -0.4 is 10.1 Å². The van der Waals surface area contributed by atoms with Gasteiger partial charge in [-0.15, -0.1) is 0 Å². The van der Waals surface area contributed by atoms with Crippen LogP contribution in [0.2, 0.25) is 0 Å². The second-order valence-corrected chi connectivity index (χ2v) is 8.97. The Balaban J connectivity index is 2.20. The molecule has 0 spiro atoms. The van der Waals surface area contributed by atoms with Crippen molar-refractivity contribution in [3.63, 3.8) is 0 Å². The third kappa shape index (κ3) is 7.62. The molecule has 0 aliphatic heterocycles. The smallest absolute Gasteiger partial charge is 0.261 e. The zero-order chi connectivity index (χ0) is 23.7. The van der Waals surface area contributed by atoms with Crippen LogP contribution in [0.15, 0.2) is 46.9 Å². The number of hydrogen-bond donors (Lipinski definition) is 1. The van der Waals surface area contributed by atoms with Gasteiger partial charge in [-0.05, 0) is 70.1 Å². The van der Waals surface area contributed by atoms with Gasteiger partial charge in [0.1, 0.15) is 17.6 Å². The van der Waals surface area contributed by atoms with Gasteiger partial charge in [-0.2, -0.15) is 0 Å². The summed E-state index contributed by atoms with van der Waals surface area (Å²) in [6.45, 7) is 8.46. The molecular weight excluding hydrogens is 475 g/mol. The Kier molecular flexibility index (Phi) is 10.2. The Bertz CT molecular complexity index is 903. The van der Waals surface area contributed by atoms with Gasteiger partial charge in [0.2, 0.25) is 5.91 Å². The van der Waals surface area contributed by atoms with Gasteiger partial charge in [0.05, 0.1) is 4.47 Å². The van der Waals surface area contributed by atoms with E-state index < -0.39 is 6.04 Å². The minimum absolute atomic E-state index is 0.187. The number of nitrogens with zero attached hydrogens (tertiary/aromatic N) is 1. The molecule has 0 radical (unpaired) electrons. The average molecular weight is 507 g/mol. The summed E-state index contributed by atoms with van der Waals surface area (Å²) in [5.41, 5.74) is 1.89. The Morgan fingerprint density at radius 2 is 1.75 bits per heavy atom. The van der Waals surface area contributed by atoms with Gasteiger partial charge < -0.3 is 15.0 Å². The first-order valence-electron chi connectivity index (χ1n) is 11.0. The topological polar surface area (TPSA) is 58.6 Å². The Morgan fingerprint density at radius 1 is 1.09 bits per heavy atom. The highest BCUT2D eigenvalue weighted by Crippen LogP contribution is 2.26. The quantitative estimate of drug-likeness (QED) is 0.460. The third-order valence-corrected chi connectivity index (χ3v) is 5.71. The minimum atomic E-state index is -0.652. The molecular formula is C25H32BrFN2O3. The van der Waals surface area contributed by atoms with Gasteiger partial charge in [-0.3, -0.25) is 9.59 Å². The Hall–Kier alpha value is -2.41. The highest BCUT2D eigenvalue weighted by atomic mass is 79.9. The van der Waals surface area contributed by atoms with Crippen LogP contribution in [0.1, 0.15) is 45.2 Å². The number of halogens is 2. The second-order valence-electron chi connectivity index (χ2n) is 8.12. The van der Waals surface area contributed by atoms with Gasteiger partial charge in [-0.25, -0.2) is 4.39 Å². The number of carbonyl (C=O) groups excluding carboxylic acids is 2. The van der Waals surface area contributed by atoms with Gasteiger partial charge in [0.15, 0.2) is 6.61 Å². The molecule has 0 saturated carbocycles. The lowest BCUT2D eigenvalue weighted by Gasteiger charge is -2.31. The monoisotopic (exact) mass is 506 g/mol. The predicted octanol–water partition coefficient (Wildman–Crippen LogP) is 5.11. The first-order valence-corrected chi connectivity index (χ1v) is 11.8. The summed E-state index contributed by atoms with van der Waals surface area (Å²) >= 11 is 3.49. The first-order chi connectivity index (χ1) is 15.2. The molecule has 174 valence electrons. The van der Waals surface area contributed by atoms with E-state index in [4.69, 9.17) is 4.74 Å². The van der Waals surface area contributed by atoms with Gasteiger partial charge in [-0.1, -0.05) is 45.9 Å². The maximum atomic E-state index is 13.3. The normalized spacial score (nSPS) is 11.8. The largest absolute Gasteiger partial charge is 0.483 e. The second kappa shape index (κ2) is 12.6. The molecule has 0 bridgehead atoms. The number of nitrogens with one attached hydrogen (secondary N) is 1. The van der Waals surface area contributed by atoms with E-state index in [0.29, 0.717) is 24.6 Å². The van der Waals surface area contributed by atoms with Crippen LogP contribution in [-0.2, 0) is 22.6 Å². The molecule has 0 aliphatic carbocycles. The lowest BCUT2D eigenvalue weighted by molar-refractivity contribution is -0.143. The van der Waals surface area contributed by atoms with Crippen molar-refractivity contribution in [2.45, 2.75) is 53.1 Å². The molecule has 0 saturated heterocycles. The summed E-state index contributed by atoms with van der Waals surface area (Å²) < 4.78 is 19.9. The van der Waals surface area contributed by atoms with Crippen LogP contribution >= 0.6 is 15.9 Å². The third-order valence-electron chi connectivity index (χ3n) is 5.09. The molecule has 2 aromatic carbocycles. The maximum Gasteiger partial charge on any atom is 0.261 e. The van der Waals surface area contributed by atoms with Crippen molar-refractivity contribution in [3.05, 3.63) is 63.9 Å². The van der Waals surface area contributed by atoms with E-state index in [1.807, 2.05) is 39.0 Å². The Morgan fingerprint density at radius 3 is 2.31 bits per heavy atom. The molecule has 0 unspecified atom stereocenters. The zero-order valence-corrected chi connectivity index (χ0v) is 20.7. The Labute approximate surface area is 198 Å². The fourth-order valence-electron chi connectivity index (χ4n) is 3.23. The zero-order valence-electron chi connectivity index (χ0n) is 19.2. The van der Waals surface area contributed by atoms with E-state index in [9.17, 15) is 14.0 Å². The van der Waals surface area contributed by atoms with Crippen molar-refractivity contribution < 1.29 is 18.7 Å². The average Bonchev–Trinajstić information content (AvgIpc) is 2.77. The molecule has 2 amide bonds. The maximum absolute atomic E-state index is 13.3. The SMILES string of the molecule is CCc1ccc(OCC(=O)N(Cc2ccc(F)cc2)[C@H](CC)C(=O)NCC(C)C)c(Br)c1. The molecule has 1 N–H and O–H groups in total. The summed E-state index contributed by atoms with van der Waals surface area (Å²) in [6.07, 6.45) is 1.35. The molecule has 32 heavy (non-hydrogen) atoms. The van der Waals surface area contributed by atoms with Crippen LogP contribution in [0.3, 0.4) is 0 Å². The van der Waals surface area contributed by atoms with Crippen LogP contribution in [0, 0.1) is 11.7 Å². The van der Waals surface area contributed by atoms with E-state index in [1.165, 1.54) is 17.0 Å². The van der Waals surface area contributed by atoms with Crippen molar-refractivity contribution in [2.75, 3.05) is 13.2 Å². The van der Waals surface area contributed by atoms with Crippen LogP contribution in [0.4, 0.5) is 4.39 Å². The molecule has 2 aromatic rings. The molecule has 0 aliphatic rings. The van der Waals surface area contributed by atoms with Gasteiger partial charge >= 0.3 is 0 Å². The molecule has 5 nitrogen and oxygen atoms in total. The van der Waals surface area contributed by atoms with Crippen molar-refractivity contribution in [2.24, 2.45) is 5.92 Å². The van der Waals surface area contributed by atoms with Crippen molar-refractivity contribution >= 4 is 27.7 Å². The predicted molar refractivity (Wildman–Crippen MR) is 128 cm³/mol. The lowest BCUT2D eigenvalue weighted by atomic mass is 10.1. The van der Waals surface area contributed by atoms with E-state index in [-0.39, 0.29) is 30.8 Å². The lowest BCUT2D eigenvalue weighted by Crippen LogP contribution is -2.50. The fraction of sp³-hybridized carbons (Fsp3) is 0.440. The standard InChI is InChI=1S/C25H32BrFN2O3/c1-5-18-9-12-23(21(26)13-18)32-16-24(30)29(15-19-7-10-20(27)11-8-19)22(6-2)25(31)28-14-17(3)4/h7-13,17,22H,5-6,14-16H2,1-4H3,(H,28,31)/t22-/m1/s1. The van der Waals surface area contributed by atoms with Crippen LogP contribution in [-0.4, -0.2) is 35.9 Å². The number of hydrogen-bond acceptors (Lipinski definition) is 3. The summed E-state index contributed by atoms with van der Waals surface area (Å²) in [5, 5.41) is 2.92. The van der Waals surface area contributed by atoms with Crippen molar-refractivity contribution in [1.29, 1.82) is 0 Å². The summed E-state index contributed by atoms with van der Waals surface area (Å²) in [5.74, 6) is -0.00592. The van der Waals surface area contributed by atoms with Crippen LogP contribution in [0.5, 0.6) is 5.75 Å². The van der Waals surface area contributed by atoms with Crippen LogP contribution in [0.25, 0.3) is 0 Å². The molecule has 2 rings (SSSR count). The number of ether oxygens (including phenoxy) is 1. The summed E-state index contributed by atoms with van der Waals surface area (Å²) in [6, 6.07) is 11.0. The van der Waals surface area contributed by atoms with E-state index >= 15 is 0 Å². The molecule has 0 fully saturated rings. The number of carbonyl (C=O) groups is 2. The first kappa shape index (κ1) is 25.8. The van der Waals surface area contributed by atoms with E-state index in [2.05, 4.69) is 28.2 Å². The summed E-state index contributed by atoms with van der Waals surface area (Å²) in [4.78, 5) is 27.6. The van der Waals surface area contributed by atoms with E-state index in [1.54, 1.807) is 12.1 Å². The summed E-state index contributed by atoms with van der Waals surface area (Å²) in [7, 11) is 0. The highest BCUT2D eigenvalue weighted by Gasteiger charge is 2.29. The number of benzene rings is 2. The molecule has 0 heterocycles. The number of rotatable bonds is 11. The molecule has 1 atom stereocenters. The van der Waals surface area contributed by atoms with Crippen molar-refractivity contribution in [3.8, 4) is 5.75 Å². The highest BCUT2D eigenvalue weighted by molar-refractivity contribution is 9.10. The van der Waals surface area contributed by atoms with Gasteiger partial charge in [0, 0.05) is 13.1 Å². The van der Waals surface area contributed by atoms with Crippen molar-refractivity contribution in [1.82, 2.24) is 10.2 Å².